The summed E-state index contributed by atoms with van der Waals surface area (Å²) in [5, 5.41) is 0.460. The van der Waals surface area contributed by atoms with Gasteiger partial charge in [0.1, 0.15) is 5.75 Å². The van der Waals surface area contributed by atoms with Gasteiger partial charge in [-0.25, -0.2) is 0 Å². The molecule has 2 aromatic rings. The molecule has 0 aromatic heterocycles. The van der Waals surface area contributed by atoms with Gasteiger partial charge < -0.3 is 4.74 Å². The van der Waals surface area contributed by atoms with Gasteiger partial charge in [-0.05, 0) is 31.2 Å². The Hall–Kier alpha value is -1.80. The van der Waals surface area contributed by atoms with Crippen LogP contribution in [-0.2, 0) is 0 Å². The van der Waals surface area contributed by atoms with Crippen molar-refractivity contribution in [3.05, 3.63) is 64.7 Å². The van der Waals surface area contributed by atoms with Gasteiger partial charge in [0, 0.05) is 5.56 Å². The topological polar surface area (TPSA) is 26.3 Å². The van der Waals surface area contributed by atoms with E-state index in [1.165, 1.54) is 0 Å². The second-order valence-corrected chi connectivity index (χ2v) is 4.42. The Balaban J connectivity index is 2.06. The smallest absolute Gasteiger partial charge is 0.201 e. The number of hydrogen-bond acceptors (Lipinski definition) is 2. The summed E-state index contributed by atoms with van der Waals surface area (Å²) in [6.07, 6.45) is 0. The lowest BCUT2D eigenvalue weighted by Crippen LogP contribution is -2.12. The molecule has 0 heterocycles. The summed E-state index contributed by atoms with van der Waals surface area (Å²) in [4.78, 5) is 12.0. The number of carbonyl (C=O) groups is 1. The van der Waals surface area contributed by atoms with E-state index in [2.05, 4.69) is 0 Å². The van der Waals surface area contributed by atoms with Crippen molar-refractivity contribution >= 4 is 17.4 Å². The van der Waals surface area contributed by atoms with E-state index in [1.54, 1.807) is 12.1 Å². The van der Waals surface area contributed by atoms with Gasteiger partial charge in [0.25, 0.3) is 0 Å². The molecule has 0 N–H and O–H groups in total. The first-order valence-corrected chi connectivity index (χ1v) is 6.02. The molecule has 2 nitrogen and oxygen atoms in total. The molecular weight excluding hydrogens is 248 g/mol. The van der Waals surface area contributed by atoms with Crippen molar-refractivity contribution < 1.29 is 9.53 Å². The molecule has 0 bridgehead atoms. The average Bonchev–Trinajstić information content (AvgIpc) is 2.40. The van der Waals surface area contributed by atoms with Crippen molar-refractivity contribution in [3.8, 4) is 5.75 Å². The summed E-state index contributed by atoms with van der Waals surface area (Å²) in [6, 6.07) is 14.6. The lowest BCUT2D eigenvalue weighted by atomic mass is 10.1. The molecule has 0 aliphatic heterocycles. The number of benzene rings is 2. The Labute approximate surface area is 111 Å². The number of rotatable bonds is 4. The minimum Gasteiger partial charge on any atom is -0.485 e. The zero-order chi connectivity index (χ0) is 13.0. The molecule has 0 spiro atoms. The minimum atomic E-state index is -0.118. The van der Waals surface area contributed by atoms with E-state index in [0.29, 0.717) is 16.3 Å². The molecule has 2 aromatic carbocycles. The number of para-hydroxylation sites is 1. The Bertz CT molecular complexity index is 550. The lowest BCUT2D eigenvalue weighted by Gasteiger charge is -2.07. The van der Waals surface area contributed by atoms with Crippen LogP contribution in [0.15, 0.2) is 48.5 Å². The van der Waals surface area contributed by atoms with E-state index in [4.69, 9.17) is 16.3 Å². The van der Waals surface area contributed by atoms with Gasteiger partial charge in [-0.1, -0.05) is 41.4 Å². The minimum absolute atomic E-state index is 0.00676. The van der Waals surface area contributed by atoms with E-state index < -0.39 is 0 Å². The van der Waals surface area contributed by atoms with Crippen LogP contribution in [0.25, 0.3) is 0 Å². The zero-order valence-corrected chi connectivity index (χ0v) is 10.8. The fraction of sp³-hybridized carbons (Fsp3) is 0.133. The van der Waals surface area contributed by atoms with E-state index in [-0.39, 0.29) is 12.4 Å². The second kappa shape index (κ2) is 5.69. The molecule has 0 amide bonds. The van der Waals surface area contributed by atoms with Gasteiger partial charge in [0.05, 0.1) is 5.02 Å². The second-order valence-electron chi connectivity index (χ2n) is 4.01. The molecule has 0 saturated heterocycles. The number of ketones is 1. The first-order valence-electron chi connectivity index (χ1n) is 5.64. The molecule has 2 rings (SSSR count). The van der Waals surface area contributed by atoms with Crippen molar-refractivity contribution in [1.82, 2.24) is 0 Å². The van der Waals surface area contributed by atoms with Crippen LogP contribution in [0.3, 0.4) is 0 Å². The third-order valence-corrected chi connectivity index (χ3v) is 2.86. The summed E-state index contributed by atoms with van der Waals surface area (Å²) in [5.41, 5.74) is 1.51. The highest BCUT2D eigenvalue weighted by atomic mass is 35.5. The average molecular weight is 261 g/mol. The van der Waals surface area contributed by atoms with Crippen LogP contribution in [0.4, 0.5) is 0 Å². The van der Waals surface area contributed by atoms with Gasteiger partial charge in [-0.2, -0.15) is 0 Å². The van der Waals surface area contributed by atoms with Crippen molar-refractivity contribution in [2.45, 2.75) is 6.92 Å². The quantitative estimate of drug-likeness (QED) is 0.779. The van der Waals surface area contributed by atoms with E-state index in [9.17, 15) is 4.79 Å². The zero-order valence-electron chi connectivity index (χ0n) is 10.0. The van der Waals surface area contributed by atoms with Crippen molar-refractivity contribution in [3.63, 3.8) is 0 Å². The number of ether oxygens (including phenoxy) is 1. The number of halogens is 1. The van der Waals surface area contributed by atoms with Crippen LogP contribution in [-0.4, -0.2) is 12.4 Å². The van der Waals surface area contributed by atoms with Crippen molar-refractivity contribution in [1.29, 1.82) is 0 Å². The van der Waals surface area contributed by atoms with Crippen LogP contribution >= 0.6 is 11.6 Å². The van der Waals surface area contributed by atoms with Gasteiger partial charge in [0.15, 0.2) is 6.61 Å². The number of carbonyl (C=O) groups excluding carboxylic acids is 1. The maximum absolute atomic E-state index is 12.0. The standard InChI is InChI=1S/C15H13ClO2/c1-11-7-8-14(16)13(9-11)15(17)10-18-12-5-3-2-4-6-12/h2-9H,10H2,1H3. The maximum Gasteiger partial charge on any atom is 0.201 e. The molecule has 0 aliphatic rings. The maximum atomic E-state index is 12.0. The molecule has 0 saturated carbocycles. The molecule has 0 unspecified atom stereocenters. The number of aryl methyl sites for hydroxylation is 1. The Morgan fingerprint density at radius 2 is 1.89 bits per heavy atom. The first-order chi connectivity index (χ1) is 8.66. The summed E-state index contributed by atoms with van der Waals surface area (Å²) in [5.74, 6) is 0.558. The number of Topliss-reactive ketones (excluding diaryl/α,β-unsaturated/α-hetero) is 1. The van der Waals surface area contributed by atoms with E-state index in [1.807, 2.05) is 43.3 Å². The molecule has 92 valence electrons. The molecule has 0 fully saturated rings. The lowest BCUT2D eigenvalue weighted by molar-refractivity contribution is 0.0921. The van der Waals surface area contributed by atoms with Crippen LogP contribution in [0.2, 0.25) is 5.02 Å². The largest absolute Gasteiger partial charge is 0.485 e. The molecule has 18 heavy (non-hydrogen) atoms. The summed E-state index contributed by atoms with van der Waals surface area (Å²) >= 11 is 6.00. The Kier molecular flexibility index (Phi) is 4.00. The fourth-order valence-electron chi connectivity index (χ4n) is 1.60. The van der Waals surface area contributed by atoms with Gasteiger partial charge in [-0.3, -0.25) is 4.79 Å². The molecule has 0 atom stereocenters. The molecule has 0 radical (unpaired) electrons. The molecular formula is C15H13ClO2. The van der Waals surface area contributed by atoms with Crippen molar-refractivity contribution in [2.24, 2.45) is 0 Å². The van der Waals surface area contributed by atoms with Crippen LogP contribution in [0.1, 0.15) is 15.9 Å². The third kappa shape index (κ3) is 3.11. The SMILES string of the molecule is Cc1ccc(Cl)c(C(=O)COc2ccccc2)c1. The van der Waals surface area contributed by atoms with Crippen molar-refractivity contribution in [2.75, 3.05) is 6.61 Å². The first kappa shape index (κ1) is 12.7. The van der Waals surface area contributed by atoms with E-state index >= 15 is 0 Å². The summed E-state index contributed by atoms with van der Waals surface area (Å²) in [6.45, 7) is 1.92. The van der Waals surface area contributed by atoms with Gasteiger partial charge >= 0.3 is 0 Å². The molecule has 0 aliphatic carbocycles. The summed E-state index contributed by atoms with van der Waals surface area (Å²) < 4.78 is 5.41. The van der Waals surface area contributed by atoms with E-state index in [0.717, 1.165) is 5.56 Å². The predicted molar refractivity (Wildman–Crippen MR) is 72.5 cm³/mol. The Morgan fingerprint density at radius 1 is 1.17 bits per heavy atom. The fourth-order valence-corrected chi connectivity index (χ4v) is 1.82. The highest BCUT2D eigenvalue weighted by Gasteiger charge is 2.11. The predicted octanol–water partition coefficient (Wildman–Crippen LogP) is 3.91. The normalized spacial score (nSPS) is 10.1. The van der Waals surface area contributed by atoms with Crippen LogP contribution in [0.5, 0.6) is 5.75 Å². The summed E-state index contributed by atoms with van der Waals surface area (Å²) in [7, 11) is 0. The van der Waals surface area contributed by atoms with Gasteiger partial charge in [-0.15, -0.1) is 0 Å². The van der Waals surface area contributed by atoms with Crippen LogP contribution in [0, 0.1) is 6.92 Å². The highest BCUT2D eigenvalue weighted by Crippen LogP contribution is 2.18. The third-order valence-electron chi connectivity index (χ3n) is 2.54. The van der Waals surface area contributed by atoms with Gasteiger partial charge in [0.2, 0.25) is 5.78 Å². The number of hydrogen-bond donors (Lipinski definition) is 0. The Morgan fingerprint density at radius 3 is 2.61 bits per heavy atom. The van der Waals surface area contributed by atoms with Crippen LogP contribution < -0.4 is 4.74 Å². The molecule has 3 heteroatoms. The highest BCUT2D eigenvalue weighted by molar-refractivity contribution is 6.34. The monoisotopic (exact) mass is 260 g/mol.